The summed E-state index contributed by atoms with van der Waals surface area (Å²) < 4.78 is 0. The van der Waals surface area contributed by atoms with Crippen molar-refractivity contribution in [3.05, 3.63) is 23.3 Å². The van der Waals surface area contributed by atoms with Gasteiger partial charge in [-0.2, -0.15) is 0 Å². The third-order valence-electron chi connectivity index (χ3n) is 2.87. The molecule has 0 radical (unpaired) electrons. The molecular weight excluding hydrogens is 194 g/mol. The Morgan fingerprint density at radius 1 is 1.40 bits per heavy atom. The fourth-order valence-electron chi connectivity index (χ4n) is 1.99. The smallest absolute Gasteiger partial charge is 0.180 e. The largest absolute Gasteiger partial charge is 0.504 e. The number of hydrogen-bond acceptors (Lipinski definition) is 4. The molecule has 0 bridgehead atoms. The van der Waals surface area contributed by atoms with Gasteiger partial charge in [-0.25, -0.2) is 0 Å². The van der Waals surface area contributed by atoms with Crippen LogP contribution in [0.1, 0.15) is 22.3 Å². The number of likely N-dealkylation sites (N-methyl/N-ethyl adjacent to an activating group) is 1. The molecular formula is C11H13NO3. The van der Waals surface area contributed by atoms with Crippen molar-refractivity contribution in [2.24, 2.45) is 0 Å². The second-order valence-corrected chi connectivity index (χ2v) is 3.70. The molecule has 2 rings (SSSR count). The second-order valence-electron chi connectivity index (χ2n) is 3.70. The minimum atomic E-state index is -0.179. The van der Waals surface area contributed by atoms with Crippen molar-refractivity contribution in [1.82, 2.24) is 5.32 Å². The molecule has 0 saturated carbocycles. The van der Waals surface area contributed by atoms with Crippen LogP contribution in [-0.2, 0) is 6.42 Å². The quantitative estimate of drug-likeness (QED) is 0.596. The van der Waals surface area contributed by atoms with Crippen molar-refractivity contribution >= 4 is 5.78 Å². The average molecular weight is 207 g/mol. The van der Waals surface area contributed by atoms with Gasteiger partial charge in [-0.05, 0) is 32.0 Å². The first-order valence-electron chi connectivity index (χ1n) is 4.90. The first kappa shape index (κ1) is 9.98. The van der Waals surface area contributed by atoms with Crippen LogP contribution in [0.2, 0.25) is 0 Å². The van der Waals surface area contributed by atoms with Gasteiger partial charge in [0.15, 0.2) is 17.3 Å². The highest BCUT2D eigenvalue weighted by Crippen LogP contribution is 2.35. The topological polar surface area (TPSA) is 69.6 Å². The zero-order valence-corrected chi connectivity index (χ0v) is 8.45. The molecule has 0 fully saturated rings. The van der Waals surface area contributed by atoms with Crippen LogP contribution in [0, 0.1) is 0 Å². The SMILES string of the molecule is CN[C@H]1CCc2c(ccc(O)c2O)C1=O. The van der Waals surface area contributed by atoms with E-state index >= 15 is 0 Å². The molecule has 80 valence electrons. The van der Waals surface area contributed by atoms with Crippen LogP contribution in [0.5, 0.6) is 11.5 Å². The molecule has 1 aromatic carbocycles. The monoisotopic (exact) mass is 207 g/mol. The maximum absolute atomic E-state index is 11.9. The van der Waals surface area contributed by atoms with E-state index in [1.165, 1.54) is 6.07 Å². The van der Waals surface area contributed by atoms with Crippen molar-refractivity contribution < 1.29 is 15.0 Å². The van der Waals surface area contributed by atoms with Gasteiger partial charge >= 0.3 is 0 Å². The first-order chi connectivity index (χ1) is 7.15. The zero-order valence-electron chi connectivity index (χ0n) is 8.45. The lowest BCUT2D eigenvalue weighted by Gasteiger charge is -2.23. The van der Waals surface area contributed by atoms with Crippen LogP contribution in [0.3, 0.4) is 0 Å². The Balaban J connectivity index is 2.50. The summed E-state index contributed by atoms with van der Waals surface area (Å²) in [4.78, 5) is 11.9. The van der Waals surface area contributed by atoms with Crippen molar-refractivity contribution in [3.8, 4) is 11.5 Å². The molecule has 0 spiro atoms. The van der Waals surface area contributed by atoms with Gasteiger partial charge in [0, 0.05) is 11.1 Å². The van der Waals surface area contributed by atoms with Crippen molar-refractivity contribution in [3.63, 3.8) is 0 Å². The Hall–Kier alpha value is -1.55. The molecule has 3 N–H and O–H groups in total. The number of hydrogen-bond donors (Lipinski definition) is 3. The molecule has 4 nitrogen and oxygen atoms in total. The summed E-state index contributed by atoms with van der Waals surface area (Å²) in [6, 6.07) is 2.74. The number of benzene rings is 1. The molecule has 4 heteroatoms. The first-order valence-corrected chi connectivity index (χ1v) is 4.90. The highest BCUT2D eigenvalue weighted by molar-refractivity contribution is 6.03. The van der Waals surface area contributed by atoms with Crippen LogP contribution in [0.15, 0.2) is 12.1 Å². The van der Waals surface area contributed by atoms with Gasteiger partial charge in [0.1, 0.15) is 0 Å². The van der Waals surface area contributed by atoms with Gasteiger partial charge in [0.05, 0.1) is 6.04 Å². The number of phenols is 2. The molecule has 0 amide bonds. The van der Waals surface area contributed by atoms with Gasteiger partial charge in [0.25, 0.3) is 0 Å². The Morgan fingerprint density at radius 2 is 2.13 bits per heavy atom. The van der Waals surface area contributed by atoms with Crippen molar-refractivity contribution in [2.45, 2.75) is 18.9 Å². The average Bonchev–Trinajstić information content (AvgIpc) is 2.24. The lowest BCUT2D eigenvalue weighted by atomic mass is 9.86. The molecule has 0 unspecified atom stereocenters. The van der Waals surface area contributed by atoms with E-state index in [1.807, 2.05) is 0 Å². The minimum absolute atomic E-state index is 0.0194. The highest BCUT2D eigenvalue weighted by Gasteiger charge is 2.28. The standard InChI is InChI=1S/C11H13NO3/c1-12-8-4-2-7-6(10(8)14)3-5-9(13)11(7)15/h3,5,8,12-13,15H,2,4H2,1H3/t8-/m0/s1. The second kappa shape index (κ2) is 3.55. The Morgan fingerprint density at radius 3 is 2.80 bits per heavy atom. The van der Waals surface area contributed by atoms with Gasteiger partial charge in [0.2, 0.25) is 0 Å². The third-order valence-corrected chi connectivity index (χ3v) is 2.87. The predicted molar refractivity (Wildman–Crippen MR) is 55.3 cm³/mol. The molecule has 1 atom stereocenters. The third kappa shape index (κ3) is 1.47. The fraction of sp³-hybridized carbons (Fsp3) is 0.364. The number of ketones is 1. The van der Waals surface area contributed by atoms with Gasteiger partial charge in [-0.15, -0.1) is 0 Å². The number of fused-ring (bicyclic) bond motifs is 1. The number of carbonyl (C=O) groups is 1. The molecule has 1 aromatic rings. The van der Waals surface area contributed by atoms with Gasteiger partial charge in [-0.3, -0.25) is 4.79 Å². The zero-order chi connectivity index (χ0) is 11.0. The molecule has 0 aromatic heterocycles. The normalized spacial score (nSPS) is 20.1. The maximum Gasteiger partial charge on any atom is 0.180 e. The lowest BCUT2D eigenvalue weighted by molar-refractivity contribution is 0.0932. The molecule has 0 aliphatic heterocycles. The summed E-state index contributed by atoms with van der Waals surface area (Å²) in [5.74, 6) is -0.339. The fourth-order valence-corrected chi connectivity index (χ4v) is 1.99. The van der Waals surface area contributed by atoms with Crippen molar-refractivity contribution in [1.29, 1.82) is 0 Å². The van der Waals surface area contributed by atoms with E-state index in [0.717, 1.165) is 0 Å². The molecule has 1 aliphatic carbocycles. The number of carbonyl (C=O) groups excluding carboxylic acids is 1. The van der Waals surface area contributed by atoms with E-state index in [1.54, 1.807) is 13.1 Å². The molecule has 0 heterocycles. The van der Waals surface area contributed by atoms with Crippen LogP contribution >= 0.6 is 0 Å². The summed E-state index contributed by atoms with van der Waals surface area (Å²) in [6.07, 6.45) is 1.26. The van der Waals surface area contributed by atoms with E-state index in [2.05, 4.69) is 5.32 Å². The van der Waals surface area contributed by atoms with Gasteiger partial charge in [-0.1, -0.05) is 0 Å². The van der Waals surface area contributed by atoms with E-state index in [0.29, 0.717) is 24.0 Å². The lowest BCUT2D eigenvalue weighted by Crippen LogP contribution is -2.37. The summed E-state index contributed by atoms with van der Waals surface area (Å²) >= 11 is 0. The number of phenolic OH excluding ortho intramolecular Hbond substituents is 2. The van der Waals surface area contributed by atoms with E-state index < -0.39 is 0 Å². The molecule has 0 saturated heterocycles. The summed E-state index contributed by atoms with van der Waals surface area (Å²) in [6.45, 7) is 0. The Labute approximate surface area is 87.6 Å². The van der Waals surface area contributed by atoms with E-state index in [-0.39, 0.29) is 23.3 Å². The predicted octanol–water partition coefficient (Wildman–Crippen LogP) is 0.815. The Kier molecular flexibility index (Phi) is 2.36. The number of aromatic hydroxyl groups is 2. The molecule has 1 aliphatic rings. The van der Waals surface area contributed by atoms with E-state index in [4.69, 9.17) is 0 Å². The van der Waals surface area contributed by atoms with Gasteiger partial charge < -0.3 is 15.5 Å². The number of nitrogens with one attached hydrogen (secondary N) is 1. The maximum atomic E-state index is 11.9. The van der Waals surface area contributed by atoms with Crippen LogP contribution in [-0.4, -0.2) is 29.1 Å². The Bertz CT molecular complexity index is 415. The highest BCUT2D eigenvalue weighted by atomic mass is 16.3. The molecule has 15 heavy (non-hydrogen) atoms. The summed E-state index contributed by atoms with van der Waals surface area (Å²) in [7, 11) is 1.74. The summed E-state index contributed by atoms with van der Waals surface area (Å²) in [5.41, 5.74) is 1.07. The van der Waals surface area contributed by atoms with Crippen molar-refractivity contribution in [2.75, 3.05) is 7.05 Å². The van der Waals surface area contributed by atoms with E-state index in [9.17, 15) is 15.0 Å². The number of Topliss-reactive ketones (excluding diaryl/α,β-unsaturated/α-hetero) is 1. The minimum Gasteiger partial charge on any atom is -0.504 e. The summed E-state index contributed by atoms with van der Waals surface area (Å²) in [5, 5.41) is 21.8. The van der Waals surface area contributed by atoms with Crippen LogP contribution in [0.4, 0.5) is 0 Å². The van der Waals surface area contributed by atoms with Crippen LogP contribution in [0.25, 0.3) is 0 Å². The van der Waals surface area contributed by atoms with Crippen LogP contribution < -0.4 is 5.32 Å². The number of rotatable bonds is 1.